The Bertz CT molecular complexity index is 439. The van der Waals surface area contributed by atoms with Crippen molar-refractivity contribution in [1.29, 1.82) is 5.26 Å². The predicted octanol–water partition coefficient (Wildman–Crippen LogP) is 0.663. The Hall–Kier alpha value is -1.47. The minimum atomic E-state index is 0.308. The van der Waals surface area contributed by atoms with Crippen LogP contribution in [-0.4, -0.2) is 11.6 Å². The standard InChI is InChI=1S/C8H9ClN4/c1-12-6-3-7(11)13(2)8(9)5(6)4-10/h3H,11H2,1-2H3. The monoisotopic (exact) mass is 196 g/mol. The first-order chi connectivity index (χ1) is 6.11. The van der Waals surface area contributed by atoms with Crippen LogP contribution in [0.1, 0.15) is 5.56 Å². The van der Waals surface area contributed by atoms with E-state index in [0.717, 1.165) is 0 Å². The van der Waals surface area contributed by atoms with Gasteiger partial charge in [0.15, 0.2) is 0 Å². The molecule has 13 heavy (non-hydrogen) atoms. The first kappa shape index (κ1) is 9.62. The van der Waals surface area contributed by atoms with E-state index in [-0.39, 0.29) is 0 Å². The molecule has 0 bridgehead atoms. The maximum absolute atomic E-state index is 8.80. The van der Waals surface area contributed by atoms with Gasteiger partial charge in [-0.2, -0.15) is 5.26 Å². The number of halogens is 1. The minimum Gasteiger partial charge on any atom is -0.385 e. The lowest BCUT2D eigenvalue weighted by atomic mass is 10.3. The molecular weight excluding hydrogens is 188 g/mol. The number of anilines is 1. The van der Waals surface area contributed by atoms with Crippen LogP contribution in [0.25, 0.3) is 0 Å². The molecule has 0 atom stereocenters. The van der Waals surface area contributed by atoms with Gasteiger partial charge in [0.1, 0.15) is 22.6 Å². The molecule has 4 nitrogen and oxygen atoms in total. The van der Waals surface area contributed by atoms with Crippen molar-refractivity contribution in [2.24, 2.45) is 12.0 Å². The maximum Gasteiger partial charge on any atom is 0.130 e. The van der Waals surface area contributed by atoms with Gasteiger partial charge in [0.25, 0.3) is 0 Å². The predicted molar refractivity (Wildman–Crippen MR) is 51.0 cm³/mol. The summed E-state index contributed by atoms with van der Waals surface area (Å²) in [5, 5.41) is 9.62. The first-order valence-electron chi connectivity index (χ1n) is 3.59. The molecule has 0 aliphatic heterocycles. The lowest BCUT2D eigenvalue weighted by Crippen LogP contribution is -2.15. The molecule has 5 heteroatoms. The summed E-state index contributed by atoms with van der Waals surface area (Å²) in [4.78, 5) is 3.90. The van der Waals surface area contributed by atoms with E-state index < -0.39 is 0 Å². The van der Waals surface area contributed by atoms with Gasteiger partial charge in [0.2, 0.25) is 0 Å². The molecule has 0 aromatic carbocycles. The van der Waals surface area contributed by atoms with Gasteiger partial charge in [-0.25, -0.2) is 0 Å². The number of nitrogen functional groups attached to an aromatic ring is 1. The number of hydrogen-bond acceptors (Lipinski definition) is 3. The Morgan fingerprint density at radius 2 is 2.31 bits per heavy atom. The molecule has 68 valence electrons. The van der Waals surface area contributed by atoms with Crippen LogP contribution in [0.5, 0.6) is 0 Å². The van der Waals surface area contributed by atoms with Gasteiger partial charge in [-0.1, -0.05) is 11.6 Å². The summed E-state index contributed by atoms with van der Waals surface area (Å²) in [7, 11) is 3.28. The van der Waals surface area contributed by atoms with Crippen molar-refractivity contribution in [3.05, 3.63) is 22.1 Å². The Morgan fingerprint density at radius 1 is 1.69 bits per heavy atom. The molecule has 0 saturated carbocycles. The Balaban J connectivity index is 3.72. The summed E-state index contributed by atoms with van der Waals surface area (Å²) in [6.45, 7) is 0. The fraction of sp³-hybridized carbons (Fsp3) is 0.250. The second-order valence-electron chi connectivity index (χ2n) is 2.51. The highest BCUT2D eigenvalue weighted by Crippen LogP contribution is 2.13. The molecule has 0 aliphatic carbocycles. The Kier molecular flexibility index (Phi) is 2.59. The lowest BCUT2D eigenvalue weighted by molar-refractivity contribution is 0.907. The van der Waals surface area contributed by atoms with Crippen molar-refractivity contribution < 1.29 is 0 Å². The Morgan fingerprint density at radius 3 is 2.77 bits per heavy atom. The van der Waals surface area contributed by atoms with Crippen LogP contribution < -0.4 is 11.1 Å². The maximum atomic E-state index is 8.80. The zero-order chi connectivity index (χ0) is 10.0. The first-order valence-corrected chi connectivity index (χ1v) is 3.97. The molecular formula is C8H9ClN4. The van der Waals surface area contributed by atoms with Crippen LogP contribution in [0.4, 0.5) is 5.82 Å². The van der Waals surface area contributed by atoms with Crippen LogP contribution >= 0.6 is 11.6 Å². The summed E-state index contributed by atoms with van der Waals surface area (Å²) < 4.78 is 1.54. The van der Waals surface area contributed by atoms with Crippen LogP contribution in [0.15, 0.2) is 11.1 Å². The van der Waals surface area contributed by atoms with Crippen LogP contribution in [0.3, 0.4) is 0 Å². The minimum absolute atomic E-state index is 0.308. The number of pyridine rings is 1. The second-order valence-corrected chi connectivity index (χ2v) is 2.87. The molecule has 0 unspecified atom stereocenters. The SMILES string of the molecule is CN=c1cc(N)n(C)c(Cl)c1C#N. The summed E-state index contributed by atoms with van der Waals surface area (Å²) in [5.41, 5.74) is 5.98. The summed E-state index contributed by atoms with van der Waals surface area (Å²) in [6, 6.07) is 3.60. The van der Waals surface area contributed by atoms with Crippen LogP contribution in [-0.2, 0) is 7.05 Å². The van der Waals surface area contributed by atoms with E-state index in [0.29, 0.717) is 21.9 Å². The van der Waals surface area contributed by atoms with Gasteiger partial charge < -0.3 is 10.3 Å². The average Bonchev–Trinajstić information content (AvgIpc) is 2.13. The Labute approximate surface area is 80.9 Å². The van der Waals surface area contributed by atoms with Crippen LogP contribution in [0, 0.1) is 11.3 Å². The van der Waals surface area contributed by atoms with E-state index in [1.165, 1.54) is 4.57 Å². The molecule has 1 rings (SSSR count). The third-order valence-corrected chi connectivity index (χ3v) is 2.22. The van der Waals surface area contributed by atoms with E-state index in [1.807, 2.05) is 6.07 Å². The largest absolute Gasteiger partial charge is 0.385 e. The molecule has 0 amide bonds. The summed E-state index contributed by atoms with van der Waals surface area (Å²) in [5.74, 6) is 0.476. The molecule has 0 radical (unpaired) electrons. The third kappa shape index (κ3) is 1.51. The van der Waals surface area contributed by atoms with Gasteiger partial charge in [-0.3, -0.25) is 4.99 Å². The molecule has 0 aliphatic rings. The number of rotatable bonds is 0. The van der Waals surface area contributed by atoms with Gasteiger partial charge >= 0.3 is 0 Å². The zero-order valence-electron chi connectivity index (χ0n) is 7.37. The number of aromatic nitrogens is 1. The molecule has 1 aromatic rings. The van der Waals surface area contributed by atoms with Gasteiger partial charge in [-0.15, -0.1) is 0 Å². The molecule has 0 fully saturated rings. The van der Waals surface area contributed by atoms with E-state index in [2.05, 4.69) is 4.99 Å². The van der Waals surface area contributed by atoms with E-state index in [4.69, 9.17) is 22.6 Å². The highest BCUT2D eigenvalue weighted by Gasteiger charge is 2.06. The quantitative estimate of drug-likeness (QED) is 0.620. The van der Waals surface area contributed by atoms with Crippen molar-refractivity contribution in [2.45, 2.75) is 0 Å². The molecule has 1 aromatic heterocycles. The number of nitriles is 1. The number of nitrogens with two attached hydrogens (primary N) is 1. The highest BCUT2D eigenvalue weighted by atomic mass is 35.5. The van der Waals surface area contributed by atoms with Gasteiger partial charge in [-0.05, 0) is 0 Å². The van der Waals surface area contributed by atoms with E-state index in [9.17, 15) is 0 Å². The number of hydrogen-bond donors (Lipinski definition) is 1. The molecule has 0 spiro atoms. The van der Waals surface area contributed by atoms with Crippen molar-refractivity contribution in [3.63, 3.8) is 0 Å². The van der Waals surface area contributed by atoms with Crippen molar-refractivity contribution >= 4 is 17.4 Å². The third-order valence-electron chi connectivity index (χ3n) is 1.78. The van der Waals surface area contributed by atoms with E-state index in [1.54, 1.807) is 20.2 Å². The van der Waals surface area contributed by atoms with E-state index >= 15 is 0 Å². The smallest absolute Gasteiger partial charge is 0.130 e. The molecule has 1 heterocycles. The summed E-state index contributed by atoms with van der Waals surface area (Å²) >= 11 is 5.88. The van der Waals surface area contributed by atoms with Crippen molar-refractivity contribution in [2.75, 3.05) is 12.8 Å². The fourth-order valence-electron chi connectivity index (χ4n) is 0.976. The summed E-state index contributed by atoms with van der Waals surface area (Å²) in [6.07, 6.45) is 0. The van der Waals surface area contributed by atoms with Crippen LogP contribution in [0.2, 0.25) is 5.15 Å². The van der Waals surface area contributed by atoms with Crippen molar-refractivity contribution in [1.82, 2.24) is 4.57 Å². The highest BCUT2D eigenvalue weighted by molar-refractivity contribution is 6.30. The topological polar surface area (TPSA) is 67.1 Å². The average molecular weight is 197 g/mol. The van der Waals surface area contributed by atoms with Crippen molar-refractivity contribution in [3.8, 4) is 6.07 Å². The van der Waals surface area contributed by atoms with Gasteiger partial charge in [0.05, 0.1) is 5.36 Å². The van der Waals surface area contributed by atoms with Gasteiger partial charge in [0, 0.05) is 20.2 Å². The second kappa shape index (κ2) is 3.50. The molecule has 0 saturated heterocycles. The molecule has 2 N–H and O–H groups in total. The normalized spacial score (nSPS) is 11.4. The number of nitrogens with zero attached hydrogens (tertiary/aromatic N) is 3. The fourth-order valence-corrected chi connectivity index (χ4v) is 1.21. The zero-order valence-corrected chi connectivity index (χ0v) is 8.13. The lowest BCUT2D eigenvalue weighted by Gasteiger charge is -2.07.